The molecule has 0 saturated heterocycles. The Balaban J connectivity index is 0.000000128. The fraction of sp³-hybridized carbons (Fsp3) is 0. The smallest absolute Gasteiger partial charge is 0.249 e. The number of nitrogens with zero attached hydrogens (tertiary/aromatic N) is 17. The van der Waals surface area contributed by atoms with Gasteiger partial charge in [0.05, 0.1) is 103 Å². The summed E-state index contributed by atoms with van der Waals surface area (Å²) in [6.07, 6.45) is 36.2. The van der Waals surface area contributed by atoms with Crippen molar-refractivity contribution >= 4 is 87.2 Å². The van der Waals surface area contributed by atoms with Crippen molar-refractivity contribution in [3.63, 3.8) is 0 Å². The van der Waals surface area contributed by atoms with Gasteiger partial charge in [0, 0.05) is 109 Å². The van der Waals surface area contributed by atoms with Crippen molar-refractivity contribution in [2.24, 2.45) is 0 Å². The van der Waals surface area contributed by atoms with E-state index in [9.17, 15) is 0 Å². The summed E-state index contributed by atoms with van der Waals surface area (Å²) in [5, 5.41) is 12.3. The van der Waals surface area contributed by atoms with E-state index in [1.54, 1.807) is 68.2 Å². The van der Waals surface area contributed by atoms with Crippen LogP contribution in [-0.4, -0.2) is 109 Å². The predicted octanol–water partition coefficient (Wildman–Crippen LogP) is 8.91. The predicted molar refractivity (Wildman–Crippen MR) is 445 cm³/mol. The van der Waals surface area contributed by atoms with E-state index in [0.29, 0.717) is 5.69 Å². The fourth-order valence-electron chi connectivity index (χ4n) is 14.0. The van der Waals surface area contributed by atoms with E-state index in [2.05, 4.69) is 189 Å². The van der Waals surface area contributed by atoms with Crippen molar-refractivity contribution in [3.8, 4) is 67.8 Å². The van der Waals surface area contributed by atoms with Gasteiger partial charge in [0.1, 0.15) is 11.4 Å². The van der Waals surface area contributed by atoms with Crippen LogP contribution in [0.1, 0.15) is 0 Å². The molecule has 20 heteroatoms. The molecule has 111 heavy (non-hydrogen) atoms. The zero-order valence-corrected chi connectivity index (χ0v) is 62.8. The third kappa shape index (κ3) is 14.8. The number of hydrogen-bond donors (Lipinski definition) is 0. The summed E-state index contributed by atoms with van der Waals surface area (Å²) in [6.45, 7) is 0. The Morgan fingerprint density at radius 3 is 0.694 bits per heavy atom. The van der Waals surface area contributed by atoms with Crippen molar-refractivity contribution in [3.05, 3.63) is 409 Å². The van der Waals surface area contributed by atoms with Gasteiger partial charge in [-0.1, -0.05) is 224 Å². The number of aromatic nitrogens is 17. The molecule has 0 bridgehead atoms. The van der Waals surface area contributed by atoms with Gasteiger partial charge >= 0.3 is 0 Å². The molecule has 528 valence electrons. The van der Waals surface area contributed by atoms with E-state index in [4.69, 9.17) is 59.8 Å². The van der Waals surface area contributed by atoms with Gasteiger partial charge in [-0.05, 0) is 91.8 Å². The first-order chi connectivity index (χ1) is 55.1. The molecule has 7 aromatic carbocycles. The second kappa shape index (κ2) is 33.5. The van der Waals surface area contributed by atoms with E-state index in [1.807, 2.05) is 177 Å². The molecule has 0 saturated carbocycles. The Morgan fingerprint density at radius 1 is 0.135 bits per heavy atom. The van der Waals surface area contributed by atoms with Crippen LogP contribution in [-0.2, 0) is 0 Å². The quantitative estimate of drug-likeness (QED) is 0.0578. The summed E-state index contributed by atoms with van der Waals surface area (Å²) in [6, 6.07) is 96.8. The molecule has 18 rings (SSSR count). The van der Waals surface area contributed by atoms with E-state index < -0.39 is 24.2 Å². The molecule has 17 nitrogen and oxygen atoms in total. The molecule has 18 aromatic rings. The number of rotatable bonds is 18. The van der Waals surface area contributed by atoms with Crippen molar-refractivity contribution in [2.75, 3.05) is 0 Å². The van der Waals surface area contributed by atoms with Crippen LogP contribution in [0.25, 0.3) is 67.8 Å². The molecule has 0 amide bonds. The molecule has 1 atom stereocenters. The Kier molecular flexibility index (Phi) is 21.3. The highest BCUT2D eigenvalue weighted by Gasteiger charge is 2.49. The average Bonchev–Trinajstić information content (AvgIpc) is 0.742. The van der Waals surface area contributed by atoms with E-state index in [-0.39, 0.29) is 0 Å². The van der Waals surface area contributed by atoms with Gasteiger partial charge in [0.25, 0.3) is 0 Å². The minimum Gasteiger partial charge on any atom is -0.265 e. The lowest BCUT2D eigenvalue weighted by atomic mass is 10.2. The molecule has 11 heterocycles. The Hall–Kier alpha value is -14.6. The minimum absolute atomic E-state index is 0.678. The van der Waals surface area contributed by atoms with Crippen LogP contribution in [0, 0.1) is 0 Å². The molecule has 11 aromatic heterocycles. The minimum atomic E-state index is -3.24. The summed E-state index contributed by atoms with van der Waals surface area (Å²) in [4.78, 5) is 80.7. The zero-order valence-electron chi connectivity index (χ0n) is 59.8. The topological polar surface area (TPSA) is 219 Å². The maximum Gasteiger partial charge on any atom is 0.249 e. The van der Waals surface area contributed by atoms with Crippen LogP contribution < -0.4 is 63.0 Å². The molecule has 0 radical (unpaired) electrons. The van der Waals surface area contributed by atoms with Crippen LogP contribution >= 0.6 is 0 Å². The molecule has 0 spiro atoms. The number of hydrogen-bond acceptors (Lipinski definition) is 17. The maximum atomic E-state index is 5.06. The van der Waals surface area contributed by atoms with Crippen LogP contribution in [0.15, 0.2) is 409 Å². The second-order valence-corrected chi connectivity index (χ2v) is 36.7. The molecule has 1 unspecified atom stereocenters. The molecular weight excluding hydrogens is 1420 g/mol. The van der Waals surface area contributed by atoms with Crippen LogP contribution in [0.3, 0.4) is 0 Å². The van der Waals surface area contributed by atoms with Gasteiger partial charge in [0.2, 0.25) is 24.2 Å². The third-order valence-electron chi connectivity index (χ3n) is 19.3. The van der Waals surface area contributed by atoms with Crippen molar-refractivity contribution < 1.29 is 0 Å². The van der Waals surface area contributed by atoms with Gasteiger partial charge in [-0.25, -0.2) is 0 Å². The highest BCUT2D eigenvalue weighted by atomic mass is 28.3. The van der Waals surface area contributed by atoms with Crippen molar-refractivity contribution in [1.82, 2.24) is 84.7 Å². The summed E-state index contributed by atoms with van der Waals surface area (Å²) in [7, 11) is -8.77. The van der Waals surface area contributed by atoms with E-state index in [0.717, 1.165) is 110 Å². The maximum absolute atomic E-state index is 5.06. The Morgan fingerprint density at radius 2 is 0.396 bits per heavy atom. The molecule has 0 aliphatic carbocycles. The first kappa shape index (κ1) is 70.7. The average molecular weight is 1480 g/mol. The zero-order chi connectivity index (χ0) is 74.8. The van der Waals surface area contributed by atoms with Crippen molar-refractivity contribution in [2.45, 2.75) is 0 Å². The van der Waals surface area contributed by atoms with E-state index in [1.165, 1.54) is 15.6 Å². The first-order valence-corrected chi connectivity index (χ1v) is 41.9. The lowest BCUT2D eigenvalue weighted by Gasteiger charge is -2.32. The van der Waals surface area contributed by atoms with Gasteiger partial charge < -0.3 is 0 Å². The summed E-state index contributed by atoms with van der Waals surface area (Å²) in [5.41, 5.74) is 9.89. The number of pyridine rings is 5. The van der Waals surface area contributed by atoms with Crippen LogP contribution in [0.4, 0.5) is 0 Å². The monoisotopic (exact) mass is 1480 g/mol. The highest BCUT2D eigenvalue weighted by molar-refractivity contribution is 7.20. The molecule has 0 fully saturated rings. The van der Waals surface area contributed by atoms with Crippen molar-refractivity contribution in [1.29, 1.82) is 0 Å². The van der Waals surface area contributed by atoms with E-state index >= 15 is 0 Å². The van der Waals surface area contributed by atoms with Gasteiger partial charge in [0.15, 0.2) is 0 Å². The summed E-state index contributed by atoms with van der Waals surface area (Å²) >= 11 is 0. The first-order valence-electron chi connectivity index (χ1n) is 35.9. The van der Waals surface area contributed by atoms with Crippen LogP contribution in [0.2, 0.25) is 0 Å². The second-order valence-electron chi connectivity index (χ2n) is 25.7. The molecule has 0 N–H and O–H groups in total. The molecule has 0 aliphatic heterocycles. The number of benzene rings is 7. The molecular formula is C91H67N17Si3. The highest BCUT2D eigenvalue weighted by Crippen LogP contribution is 2.21. The standard InChI is InChI=1S/C33H23N9Si.C30H22N6Si.C28H22N2Si/c1-2-8-26(9-3-1)43(31-21-37-28(18-40-31)24-11-15-34-16-12-24,32-22-38-29(19-41-32)25-7-6-13-35-17-25)33-23-39-30(20-42-33)27-10-4-5-14-36-27;1-3-11-24(12-4-1)37(25-13-5-2-6-14-25,29-21-33-27(19-35-29)23-10-9-16-31-18-23)30-22-34-28(20-36-30)26-15-7-8-17-32-26;1-5-13-23(14-6-1)27-21-30-28(22-29-27)31(24-15-7-2-8-16-24,25-17-9-3-10-18-25)26-19-11-4-12-20-26/h1-23H;1-22H;1-22H. The summed E-state index contributed by atoms with van der Waals surface area (Å²) in [5.74, 6) is 0. The summed E-state index contributed by atoms with van der Waals surface area (Å²) < 4.78 is 0. The molecule has 0 aliphatic rings. The third-order valence-corrected chi connectivity index (χ3v) is 32.6. The Bertz CT molecular complexity index is 5500. The lowest BCUT2D eigenvalue weighted by Crippen LogP contribution is -2.77. The Labute approximate surface area is 644 Å². The normalized spacial score (nSPS) is 11.7. The van der Waals surface area contributed by atoms with Gasteiger partial charge in [-0.2, -0.15) is 0 Å². The fourth-order valence-corrected chi connectivity index (χ4v) is 26.6. The largest absolute Gasteiger partial charge is 0.265 e. The van der Waals surface area contributed by atoms with Crippen LogP contribution in [0.5, 0.6) is 0 Å². The van der Waals surface area contributed by atoms with Gasteiger partial charge in [-0.15, -0.1) is 0 Å². The SMILES string of the molecule is c1ccc(-c2cnc([Si](c3ccccc3)(c3ccccc3)c3ccccc3)cn2)cc1.c1ccc([Si](c2ccccc2)(c2cnc(-c3cccnc3)cn2)c2cnc(-c3ccccn3)cn2)cc1.c1ccc([Si](c2cnc(-c3ccncc3)cn2)(c2cnc(-c3cccnc3)cn2)c2cnc(-c3ccccn3)cn2)cc1. The lowest BCUT2D eigenvalue weighted by molar-refractivity contribution is 1.18. The van der Waals surface area contributed by atoms with Gasteiger partial charge in [-0.3, -0.25) is 84.7 Å².